The molecule has 0 radical (unpaired) electrons. The van der Waals surface area contributed by atoms with Gasteiger partial charge in [-0.2, -0.15) is 0 Å². The highest BCUT2D eigenvalue weighted by atomic mass is 16.7. The SMILES string of the molecule is NCCC[C@H](C(N)=O)N(Cc1ccc(CO)cc1)C(N)=N[N+](=O)[O-]. The van der Waals surface area contributed by atoms with Crippen LogP contribution in [-0.2, 0) is 17.9 Å². The second kappa shape index (κ2) is 9.43. The van der Waals surface area contributed by atoms with Crippen LogP contribution in [0.3, 0.4) is 0 Å². The minimum Gasteiger partial charge on any atom is -0.392 e. The molecule has 1 amide bonds. The van der Waals surface area contributed by atoms with Crippen molar-refractivity contribution in [1.29, 1.82) is 0 Å². The molecular formula is C14H22N6O4. The van der Waals surface area contributed by atoms with Gasteiger partial charge in [0.1, 0.15) is 11.1 Å². The van der Waals surface area contributed by atoms with E-state index in [0.717, 1.165) is 5.56 Å². The van der Waals surface area contributed by atoms with Crippen molar-refractivity contribution in [3.05, 3.63) is 45.5 Å². The summed E-state index contributed by atoms with van der Waals surface area (Å²) in [5.41, 5.74) is 18.0. The summed E-state index contributed by atoms with van der Waals surface area (Å²) in [6, 6.07) is 5.98. The number of carbonyl (C=O) groups is 1. The van der Waals surface area contributed by atoms with Crippen LogP contribution in [-0.4, -0.2) is 39.5 Å². The highest BCUT2D eigenvalue weighted by molar-refractivity contribution is 5.87. The fourth-order valence-corrected chi connectivity index (χ4v) is 2.20. The number of guanidine groups is 1. The minimum atomic E-state index is -0.932. The fraction of sp³-hybridized carbons (Fsp3) is 0.429. The van der Waals surface area contributed by atoms with Gasteiger partial charge in [-0.3, -0.25) is 4.79 Å². The highest BCUT2D eigenvalue weighted by Gasteiger charge is 2.27. The van der Waals surface area contributed by atoms with E-state index in [4.69, 9.17) is 22.3 Å². The molecule has 132 valence electrons. The van der Waals surface area contributed by atoms with Crippen LogP contribution in [0.25, 0.3) is 0 Å². The molecule has 1 aromatic carbocycles. The first-order valence-electron chi connectivity index (χ1n) is 7.32. The van der Waals surface area contributed by atoms with Crippen molar-refractivity contribution in [3.8, 4) is 0 Å². The Labute approximate surface area is 139 Å². The van der Waals surface area contributed by atoms with Gasteiger partial charge in [-0.15, -0.1) is 0 Å². The number of nitro groups is 1. The number of rotatable bonds is 9. The Hall–Kier alpha value is -2.72. The van der Waals surface area contributed by atoms with Crippen molar-refractivity contribution in [2.24, 2.45) is 22.3 Å². The molecule has 1 rings (SSSR count). The molecule has 10 heteroatoms. The summed E-state index contributed by atoms with van der Waals surface area (Å²) in [5, 5.41) is 21.8. The van der Waals surface area contributed by atoms with Crippen molar-refractivity contribution in [2.45, 2.75) is 32.0 Å². The average molecular weight is 338 g/mol. The number of hydrogen-bond acceptors (Lipinski definition) is 5. The lowest BCUT2D eigenvalue weighted by molar-refractivity contribution is -0.485. The predicted molar refractivity (Wildman–Crippen MR) is 87.8 cm³/mol. The number of benzene rings is 1. The van der Waals surface area contributed by atoms with Crippen molar-refractivity contribution < 1.29 is 14.9 Å². The summed E-state index contributed by atoms with van der Waals surface area (Å²) in [6.07, 6.45) is 0.799. The molecule has 0 aromatic heterocycles. The molecule has 0 aliphatic carbocycles. The number of aliphatic hydroxyl groups excluding tert-OH is 1. The summed E-state index contributed by atoms with van der Waals surface area (Å²) < 4.78 is 0. The number of nitrogens with two attached hydrogens (primary N) is 3. The Bertz CT molecular complexity index is 589. The van der Waals surface area contributed by atoms with Gasteiger partial charge in [0.05, 0.1) is 6.61 Å². The number of hydrazone groups is 1. The van der Waals surface area contributed by atoms with E-state index in [0.29, 0.717) is 24.9 Å². The molecule has 1 aromatic rings. The molecule has 0 fully saturated rings. The lowest BCUT2D eigenvalue weighted by atomic mass is 10.1. The van der Waals surface area contributed by atoms with Crippen LogP contribution in [0.2, 0.25) is 0 Å². The number of carbonyl (C=O) groups excluding carboxylic acids is 1. The average Bonchev–Trinajstić information content (AvgIpc) is 2.53. The zero-order chi connectivity index (χ0) is 18.1. The topological polar surface area (TPSA) is 174 Å². The van der Waals surface area contributed by atoms with Crippen LogP contribution in [0.4, 0.5) is 0 Å². The molecular weight excluding hydrogens is 316 g/mol. The Balaban J connectivity index is 3.10. The van der Waals surface area contributed by atoms with Crippen LogP contribution in [0.1, 0.15) is 24.0 Å². The Morgan fingerprint density at radius 1 is 1.29 bits per heavy atom. The van der Waals surface area contributed by atoms with E-state index in [2.05, 4.69) is 5.10 Å². The molecule has 7 N–H and O–H groups in total. The molecule has 0 saturated heterocycles. The highest BCUT2D eigenvalue weighted by Crippen LogP contribution is 2.13. The summed E-state index contributed by atoms with van der Waals surface area (Å²) in [6.45, 7) is 0.345. The molecule has 0 aliphatic rings. The van der Waals surface area contributed by atoms with Gasteiger partial charge in [-0.05, 0) is 30.5 Å². The van der Waals surface area contributed by atoms with Gasteiger partial charge >= 0.3 is 0 Å². The standard InChI is InChI=1S/C14H22N6O4/c15-7-1-2-12(13(16)22)19(14(17)18-20(23)24)8-10-3-5-11(9-21)6-4-10/h3-6,12,21H,1-2,7-9,15H2,(H2,16,22)(H2,17,18)/t12-/m1/s1. The van der Waals surface area contributed by atoms with Crippen LogP contribution in [0.5, 0.6) is 0 Å². The maximum Gasteiger partial charge on any atom is 0.269 e. The van der Waals surface area contributed by atoms with Gasteiger partial charge in [-0.25, -0.2) is 10.1 Å². The number of amides is 1. The number of nitrogens with zero attached hydrogens (tertiary/aromatic N) is 3. The van der Waals surface area contributed by atoms with E-state index in [1.54, 1.807) is 24.3 Å². The lowest BCUT2D eigenvalue weighted by Crippen LogP contribution is -2.50. The van der Waals surface area contributed by atoms with Crippen LogP contribution >= 0.6 is 0 Å². The third-order valence-corrected chi connectivity index (χ3v) is 3.42. The molecule has 24 heavy (non-hydrogen) atoms. The fourth-order valence-electron chi connectivity index (χ4n) is 2.20. The Kier molecular flexibility index (Phi) is 7.59. The van der Waals surface area contributed by atoms with E-state index < -0.39 is 22.9 Å². The molecule has 0 saturated carbocycles. The lowest BCUT2D eigenvalue weighted by Gasteiger charge is -2.29. The second-order valence-electron chi connectivity index (χ2n) is 5.15. The van der Waals surface area contributed by atoms with E-state index in [9.17, 15) is 14.9 Å². The maximum atomic E-state index is 11.8. The van der Waals surface area contributed by atoms with Gasteiger partial charge in [0.25, 0.3) is 5.96 Å². The second-order valence-corrected chi connectivity index (χ2v) is 5.15. The number of hydrogen-bond donors (Lipinski definition) is 4. The first-order chi connectivity index (χ1) is 11.4. The van der Waals surface area contributed by atoms with Crippen molar-refractivity contribution in [1.82, 2.24) is 4.90 Å². The summed E-state index contributed by atoms with van der Waals surface area (Å²) in [5.74, 6) is -1.08. The summed E-state index contributed by atoms with van der Waals surface area (Å²) in [7, 11) is 0. The summed E-state index contributed by atoms with van der Waals surface area (Å²) >= 11 is 0. The molecule has 1 atom stereocenters. The first-order valence-corrected chi connectivity index (χ1v) is 7.32. The molecule has 0 spiro atoms. The van der Waals surface area contributed by atoms with E-state index >= 15 is 0 Å². The third-order valence-electron chi connectivity index (χ3n) is 3.42. The van der Waals surface area contributed by atoms with Crippen LogP contribution < -0.4 is 17.2 Å². The molecule has 0 aliphatic heterocycles. The zero-order valence-corrected chi connectivity index (χ0v) is 13.2. The molecule has 0 heterocycles. The summed E-state index contributed by atoms with van der Waals surface area (Å²) in [4.78, 5) is 23.6. The van der Waals surface area contributed by atoms with Gasteiger partial charge in [0.2, 0.25) is 5.91 Å². The van der Waals surface area contributed by atoms with E-state index in [-0.39, 0.29) is 13.2 Å². The monoisotopic (exact) mass is 338 g/mol. The third kappa shape index (κ3) is 5.82. The minimum absolute atomic E-state index is 0.102. The maximum absolute atomic E-state index is 11.8. The Morgan fingerprint density at radius 2 is 1.88 bits per heavy atom. The molecule has 0 bridgehead atoms. The van der Waals surface area contributed by atoms with E-state index in [1.165, 1.54) is 4.90 Å². The van der Waals surface area contributed by atoms with Gasteiger partial charge in [0.15, 0.2) is 5.03 Å². The normalized spacial score (nSPS) is 12.7. The van der Waals surface area contributed by atoms with Gasteiger partial charge < -0.3 is 27.2 Å². The van der Waals surface area contributed by atoms with Gasteiger partial charge in [0, 0.05) is 6.54 Å². The van der Waals surface area contributed by atoms with Crippen molar-refractivity contribution in [2.75, 3.05) is 6.54 Å². The quantitative estimate of drug-likeness (QED) is 0.195. The molecule has 10 nitrogen and oxygen atoms in total. The van der Waals surface area contributed by atoms with Crippen LogP contribution in [0, 0.1) is 10.1 Å². The van der Waals surface area contributed by atoms with Gasteiger partial charge in [-0.1, -0.05) is 24.3 Å². The number of aliphatic hydroxyl groups is 1. The smallest absolute Gasteiger partial charge is 0.269 e. The Morgan fingerprint density at radius 3 is 2.33 bits per heavy atom. The zero-order valence-electron chi connectivity index (χ0n) is 13.2. The first kappa shape index (κ1) is 19.3. The van der Waals surface area contributed by atoms with Crippen molar-refractivity contribution in [3.63, 3.8) is 0 Å². The van der Waals surface area contributed by atoms with E-state index in [1.807, 2.05) is 0 Å². The van der Waals surface area contributed by atoms with Crippen LogP contribution in [0.15, 0.2) is 29.4 Å². The predicted octanol–water partition coefficient (Wildman–Crippen LogP) is -0.920. The number of primary amides is 1. The van der Waals surface area contributed by atoms with Crippen molar-refractivity contribution >= 4 is 11.9 Å². The molecule has 0 unspecified atom stereocenters. The largest absolute Gasteiger partial charge is 0.392 e.